The molecule has 2 aliphatic heterocycles. The number of nitrogens with zero attached hydrogens (tertiary/aromatic N) is 2. The number of unbranched alkanes of at least 4 members (excludes halogenated alkanes) is 32. The van der Waals surface area contributed by atoms with Crippen LogP contribution in [0, 0.1) is 11.8 Å². The summed E-state index contributed by atoms with van der Waals surface area (Å²) in [6, 6.07) is 9.50. The van der Waals surface area contributed by atoms with Crippen LogP contribution in [0.2, 0.25) is 0 Å². The first-order valence-electron chi connectivity index (χ1n) is 35.8. The van der Waals surface area contributed by atoms with Crippen LogP contribution in [0.1, 0.15) is 344 Å². The molecule has 2 atom stereocenters. The lowest BCUT2D eigenvalue weighted by Gasteiger charge is -2.30. The van der Waals surface area contributed by atoms with Gasteiger partial charge in [-0.2, -0.15) is 0 Å². The molecule has 4 nitrogen and oxygen atoms in total. The fraction of sp³-hybridized carbons (Fsp3) is 0.711. The van der Waals surface area contributed by atoms with Crippen LogP contribution in [-0.2, 0) is 20.4 Å². The highest BCUT2D eigenvalue weighted by Crippen LogP contribution is 2.61. The molecule has 8 rings (SSSR count). The average molecular weight is 1380 g/mol. The molecule has 4 aromatic rings. The number of fused-ring (bicyclic) bond motifs is 7. The average Bonchev–Trinajstić information content (AvgIpc) is 1.57. The quantitative estimate of drug-likeness (QED) is 0.0414. The van der Waals surface area contributed by atoms with E-state index in [0.29, 0.717) is 36.1 Å². The zero-order chi connectivity index (χ0) is 61.1. The summed E-state index contributed by atoms with van der Waals surface area (Å²) in [4.78, 5) is 44.9. The minimum Gasteiger partial charge on any atom is -0.306 e. The van der Waals surface area contributed by atoms with Crippen molar-refractivity contribution in [3.05, 3.63) is 75.0 Å². The van der Waals surface area contributed by atoms with E-state index in [1.807, 2.05) is 45.3 Å². The maximum atomic E-state index is 16.5. The zero-order valence-corrected chi connectivity index (χ0v) is 61.7. The van der Waals surface area contributed by atoms with Crippen molar-refractivity contribution < 1.29 is 9.59 Å². The molecule has 0 aromatic carbocycles. The number of halogens is 2. The van der Waals surface area contributed by atoms with Gasteiger partial charge in [0.05, 0.1) is 39.9 Å². The molecule has 0 saturated carbocycles. The van der Waals surface area contributed by atoms with E-state index in [2.05, 4.69) is 121 Å². The molecule has 6 heterocycles. The first kappa shape index (κ1) is 70.1. The van der Waals surface area contributed by atoms with E-state index in [0.717, 1.165) is 54.4 Å². The van der Waals surface area contributed by atoms with E-state index in [-0.39, 0.29) is 22.6 Å². The van der Waals surface area contributed by atoms with Gasteiger partial charge in [-0.1, -0.05) is 287 Å². The summed E-state index contributed by atoms with van der Waals surface area (Å²) in [6.45, 7) is 20.1. The van der Waals surface area contributed by atoms with Crippen molar-refractivity contribution >= 4 is 100 Å². The Morgan fingerprint density at radius 1 is 0.349 bits per heavy atom. The predicted octanol–water partition coefficient (Wildman–Crippen LogP) is 26.8. The monoisotopic (exact) mass is 1370 g/mol. The SMILES string of the molecule is CCCCCCCCCCCCC(CCCCCCCCCC)CN1C(=O)C2=C(c3cc4c(s3)-c3sc(Br)cc3C4(C)C)N(CC(CCCCCCCCCC)CCCCCCCCCCCC)C(=O)C2=C1c1cc2c(s1)-c1sc(Br)cc1C2(C)C. The lowest BCUT2D eigenvalue weighted by molar-refractivity contribution is -0.124. The molecule has 4 aromatic heterocycles. The first-order chi connectivity index (χ1) is 41.8. The molecule has 86 heavy (non-hydrogen) atoms. The number of carbonyl (C=O) groups excluding carboxylic acids is 2. The van der Waals surface area contributed by atoms with Crippen molar-refractivity contribution in [2.24, 2.45) is 11.8 Å². The van der Waals surface area contributed by atoms with Crippen molar-refractivity contribution in [3.63, 3.8) is 0 Å². The molecule has 4 aliphatic rings. The molecular weight excluding hydrogens is 1260 g/mol. The Labute approximate surface area is 557 Å². The molecule has 0 fully saturated rings. The molecule has 0 bridgehead atoms. The third-order valence-electron chi connectivity index (χ3n) is 20.4. The highest BCUT2D eigenvalue weighted by atomic mass is 79.9. The summed E-state index contributed by atoms with van der Waals surface area (Å²) in [6.07, 6.45) is 51.9. The second kappa shape index (κ2) is 35.3. The number of hydrogen-bond acceptors (Lipinski definition) is 6. The topological polar surface area (TPSA) is 40.6 Å². The summed E-state index contributed by atoms with van der Waals surface area (Å²) in [5.74, 6) is 0.887. The van der Waals surface area contributed by atoms with E-state index in [9.17, 15) is 0 Å². The van der Waals surface area contributed by atoms with Gasteiger partial charge in [0.15, 0.2) is 0 Å². The normalized spacial score (nSPS) is 16.3. The van der Waals surface area contributed by atoms with Crippen LogP contribution in [0.15, 0.2) is 43.0 Å². The summed E-state index contributed by atoms with van der Waals surface area (Å²) in [5.41, 5.74) is 8.29. The molecule has 0 saturated heterocycles. The Morgan fingerprint density at radius 3 is 0.849 bits per heavy atom. The van der Waals surface area contributed by atoms with Crippen LogP contribution >= 0.6 is 77.2 Å². The summed E-state index contributed by atoms with van der Waals surface area (Å²) in [7, 11) is 0. The van der Waals surface area contributed by atoms with Crippen molar-refractivity contribution in [2.45, 2.75) is 323 Å². The van der Waals surface area contributed by atoms with Gasteiger partial charge in [-0.25, -0.2) is 0 Å². The van der Waals surface area contributed by atoms with E-state index >= 15 is 9.59 Å². The summed E-state index contributed by atoms with van der Waals surface area (Å²) < 4.78 is 2.33. The Bertz CT molecular complexity index is 2630. The first-order valence-corrected chi connectivity index (χ1v) is 40.6. The standard InChI is InChI=1S/C76H114Br2N2O2S4/c1-9-13-17-21-25-29-31-35-39-43-47-55(45-41-37-33-27-23-19-15-11-3)53-79-67(61-49-57-69(83-61)71-59(75(57,5)6)51-63(77)85-71)65-66(73(79)81)68(62-50-58-70(84-62)72-60(76(58,7)8)52-64(78)86-72)80(74(65)82)54-56(46-42-38-34-28-24-20-16-12-4)48-44-40-36-32-30-26-22-18-14-10-2/h49-52,55-56H,9-48,53-54H2,1-8H3. The van der Waals surface area contributed by atoms with Crippen LogP contribution < -0.4 is 0 Å². The minimum atomic E-state index is -0.178. The van der Waals surface area contributed by atoms with Gasteiger partial charge in [-0.05, 0) is 116 Å². The van der Waals surface area contributed by atoms with Crippen LogP contribution in [0.3, 0.4) is 0 Å². The van der Waals surface area contributed by atoms with Crippen molar-refractivity contribution in [1.82, 2.24) is 9.80 Å². The second-order valence-corrected chi connectivity index (χ2v) is 35.0. The van der Waals surface area contributed by atoms with Gasteiger partial charge >= 0.3 is 0 Å². The van der Waals surface area contributed by atoms with Crippen molar-refractivity contribution in [2.75, 3.05) is 13.1 Å². The lowest BCUT2D eigenvalue weighted by atomic mass is 9.84. The molecule has 0 radical (unpaired) electrons. The molecule has 0 spiro atoms. The predicted molar refractivity (Wildman–Crippen MR) is 387 cm³/mol. The fourth-order valence-corrected chi connectivity index (χ4v) is 21.6. The molecule has 2 aliphatic carbocycles. The summed E-state index contributed by atoms with van der Waals surface area (Å²) in [5, 5.41) is 0. The molecule has 478 valence electrons. The summed E-state index contributed by atoms with van der Waals surface area (Å²) >= 11 is 15.1. The smallest absolute Gasteiger partial charge is 0.261 e. The van der Waals surface area contributed by atoms with Gasteiger partial charge < -0.3 is 9.80 Å². The fourth-order valence-electron chi connectivity index (χ4n) is 15.0. The molecule has 0 N–H and O–H groups in total. The number of rotatable bonds is 46. The largest absolute Gasteiger partial charge is 0.306 e. The Morgan fingerprint density at radius 2 is 0.581 bits per heavy atom. The van der Waals surface area contributed by atoms with E-state index in [1.54, 1.807) is 0 Å². The van der Waals surface area contributed by atoms with Crippen molar-refractivity contribution in [3.8, 4) is 19.5 Å². The maximum absolute atomic E-state index is 16.5. The molecule has 2 unspecified atom stereocenters. The maximum Gasteiger partial charge on any atom is 0.261 e. The van der Waals surface area contributed by atoms with Crippen molar-refractivity contribution in [1.29, 1.82) is 0 Å². The Hall–Kier alpha value is -1.82. The molecule has 10 heteroatoms. The van der Waals surface area contributed by atoms with Gasteiger partial charge in [0.1, 0.15) is 0 Å². The highest BCUT2D eigenvalue weighted by molar-refractivity contribution is 9.11. The Kier molecular flexibility index (Phi) is 28.7. The van der Waals surface area contributed by atoms with Crippen LogP contribution in [0.4, 0.5) is 0 Å². The molecule has 2 amide bonds. The number of thiophene rings is 4. The van der Waals surface area contributed by atoms with Crippen LogP contribution in [0.25, 0.3) is 30.9 Å². The van der Waals surface area contributed by atoms with E-state index in [4.69, 9.17) is 0 Å². The molecular formula is C76H114Br2N2O2S4. The van der Waals surface area contributed by atoms with Gasteiger partial charge in [0.25, 0.3) is 11.8 Å². The lowest BCUT2D eigenvalue weighted by Crippen LogP contribution is -2.34. The van der Waals surface area contributed by atoms with E-state index < -0.39 is 0 Å². The number of carbonyl (C=O) groups is 2. The zero-order valence-electron chi connectivity index (χ0n) is 55.3. The second-order valence-electron chi connectivity index (χ2n) is 28.0. The van der Waals surface area contributed by atoms with Crippen LogP contribution in [-0.4, -0.2) is 34.7 Å². The minimum absolute atomic E-state index is 0.0684. The van der Waals surface area contributed by atoms with Crippen LogP contribution in [0.5, 0.6) is 0 Å². The number of amides is 2. The third-order valence-corrected chi connectivity index (χ3v) is 26.3. The van der Waals surface area contributed by atoms with Gasteiger partial charge in [0, 0.05) is 43.4 Å². The van der Waals surface area contributed by atoms with Gasteiger partial charge in [0.2, 0.25) is 0 Å². The Balaban J connectivity index is 1.16. The van der Waals surface area contributed by atoms with Gasteiger partial charge in [-0.15, -0.1) is 45.3 Å². The number of hydrogen-bond donors (Lipinski definition) is 0. The third kappa shape index (κ3) is 17.9. The highest BCUT2D eigenvalue weighted by Gasteiger charge is 2.52. The van der Waals surface area contributed by atoms with Gasteiger partial charge in [-0.3, -0.25) is 9.59 Å². The van der Waals surface area contributed by atoms with E-state index in [1.165, 1.54) is 273 Å².